The Hall–Kier alpha value is -3.81. The highest BCUT2D eigenvalue weighted by atomic mass is 16.1. The monoisotopic (exact) mass is 413 g/mol. The van der Waals surface area contributed by atoms with Crippen molar-refractivity contribution in [3.63, 3.8) is 0 Å². The summed E-state index contributed by atoms with van der Waals surface area (Å²) in [6.07, 6.45) is 6.57. The Morgan fingerprint density at radius 3 is 2.94 bits per heavy atom. The lowest BCUT2D eigenvalue weighted by molar-refractivity contribution is -0.115. The first kappa shape index (κ1) is 19.2. The number of nitrogens with one attached hydrogen (secondary N) is 2. The molecule has 8 heteroatoms. The molecule has 0 saturated carbocycles. The van der Waals surface area contributed by atoms with Crippen LogP contribution in [0.2, 0.25) is 0 Å². The maximum atomic E-state index is 11.6. The van der Waals surface area contributed by atoms with Crippen molar-refractivity contribution in [2.24, 2.45) is 0 Å². The van der Waals surface area contributed by atoms with Crippen LogP contribution in [0.1, 0.15) is 31.0 Å². The zero-order chi connectivity index (χ0) is 21.4. The number of aromatic nitrogens is 5. The number of pyridine rings is 1. The van der Waals surface area contributed by atoms with Gasteiger partial charge in [-0.15, -0.1) is 0 Å². The molecule has 0 unspecified atom stereocenters. The van der Waals surface area contributed by atoms with Gasteiger partial charge in [0.15, 0.2) is 17.3 Å². The van der Waals surface area contributed by atoms with Crippen LogP contribution in [0.15, 0.2) is 49.1 Å². The lowest BCUT2D eigenvalue weighted by Gasteiger charge is -2.11. The van der Waals surface area contributed by atoms with Crippen LogP contribution >= 0.6 is 0 Å². The van der Waals surface area contributed by atoms with Gasteiger partial charge in [-0.3, -0.25) is 9.78 Å². The van der Waals surface area contributed by atoms with Crippen LogP contribution in [0, 0.1) is 0 Å². The van der Waals surface area contributed by atoms with E-state index in [1.807, 2.05) is 29.1 Å². The molecule has 0 fully saturated rings. The number of rotatable bonds is 6. The number of carbonyl (C=O) groups is 1. The average molecular weight is 413 g/mol. The van der Waals surface area contributed by atoms with Crippen molar-refractivity contribution in [2.45, 2.75) is 32.7 Å². The zero-order valence-corrected chi connectivity index (χ0v) is 17.5. The first-order valence-corrected chi connectivity index (χ1v) is 10.4. The van der Waals surface area contributed by atoms with Crippen molar-refractivity contribution >= 4 is 28.6 Å². The highest BCUT2D eigenvalue weighted by Crippen LogP contribution is 2.26. The summed E-state index contributed by atoms with van der Waals surface area (Å²) in [5.41, 5.74) is 5.56. The molecule has 0 radical (unpaired) electrons. The molecule has 2 N–H and O–H groups in total. The van der Waals surface area contributed by atoms with E-state index >= 15 is 0 Å². The highest BCUT2D eigenvalue weighted by molar-refractivity contribution is 5.99. The molecule has 8 nitrogen and oxygen atoms in total. The summed E-state index contributed by atoms with van der Waals surface area (Å²) in [4.78, 5) is 29.9. The van der Waals surface area contributed by atoms with E-state index in [2.05, 4.69) is 46.6 Å². The summed E-state index contributed by atoms with van der Waals surface area (Å²) in [5, 5.41) is 6.32. The lowest BCUT2D eigenvalue weighted by Crippen LogP contribution is -2.09. The van der Waals surface area contributed by atoms with Crippen LogP contribution in [-0.2, 0) is 17.6 Å². The van der Waals surface area contributed by atoms with Gasteiger partial charge in [0.1, 0.15) is 5.52 Å². The summed E-state index contributed by atoms with van der Waals surface area (Å²) in [6.45, 7) is 4.90. The third-order valence-corrected chi connectivity index (χ3v) is 5.40. The number of nitrogens with zero attached hydrogens (tertiary/aromatic N) is 5. The first-order chi connectivity index (χ1) is 15.1. The predicted octanol–water partition coefficient (Wildman–Crippen LogP) is 3.62. The summed E-state index contributed by atoms with van der Waals surface area (Å²) in [6, 6.07) is 10.2. The quantitative estimate of drug-likeness (QED) is 0.501. The molecule has 0 saturated heterocycles. The van der Waals surface area contributed by atoms with E-state index in [4.69, 9.17) is 9.97 Å². The van der Waals surface area contributed by atoms with E-state index in [1.54, 1.807) is 12.4 Å². The van der Waals surface area contributed by atoms with Gasteiger partial charge in [-0.2, -0.15) is 0 Å². The highest BCUT2D eigenvalue weighted by Gasteiger charge is 2.18. The lowest BCUT2D eigenvalue weighted by atomic mass is 10.1. The molecule has 4 aromatic rings. The fourth-order valence-electron chi connectivity index (χ4n) is 3.81. The molecule has 1 aromatic carbocycles. The third-order valence-electron chi connectivity index (χ3n) is 5.40. The Kier molecular flexibility index (Phi) is 4.82. The second-order valence-corrected chi connectivity index (χ2v) is 7.95. The minimum absolute atomic E-state index is 0.0531. The number of hydrogen-bond donors (Lipinski definition) is 2. The van der Waals surface area contributed by atoms with Gasteiger partial charge >= 0.3 is 0 Å². The van der Waals surface area contributed by atoms with Crippen LogP contribution < -0.4 is 10.6 Å². The second kappa shape index (κ2) is 7.79. The van der Waals surface area contributed by atoms with Gasteiger partial charge in [0, 0.05) is 36.2 Å². The Morgan fingerprint density at radius 1 is 1.23 bits per heavy atom. The van der Waals surface area contributed by atoms with Gasteiger partial charge in [-0.05, 0) is 49.6 Å². The van der Waals surface area contributed by atoms with Gasteiger partial charge in [0.2, 0.25) is 5.91 Å². The van der Waals surface area contributed by atoms with E-state index in [1.165, 1.54) is 5.56 Å². The number of anilines is 2. The number of fused-ring (bicyclic) bond motifs is 2. The number of amides is 1. The second-order valence-electron chi connectivity index (χ2n) is 7.95. The van der Waals surface area contributed by atoms with Crippen LogP contribution in [0.3, 0.4) is 0 Å². The molecule has 0 aliphatic carbocycles. The average Bonchev–Trinajstić information content (AvgIpc) is 3.36. The molecule has 0 bridgehead atoms. The van der Waals surface area contributed by atoms with E-state index in [-0.39, 0.29) is 11.9 Å². The first-order valence-electron chi connectivity index (χ1n) is 10.4. The smallest absolute Gasteiger partial charge is 0.228 e. The van der Waals surface area contributed by atoms with Crippen molar-refractivity contribution in [1.82, 2.24) is 24.5 Å². The van der Waals surface area contributed by atoms with Crippen LogP contribution in [0.5, 0.6) is 0 Å². The van der Waals surface area contributed by atoms with Crippen molar-refractivity contribution in [3.05, 3.63) is 60.2 Å². The summed E-state index contributed by atoms with van der Waals surface area (Å²) < 4.78 is 2.05. The third kappa shape index (κ3) is 3.72. The van der Waals surface area contributed by atoms with E-state index < -0.39 is 0 Å². The Bertz CT molecular complexity index is 1260. The summed E-state index contributed by atoms with van der Waals surface area (Å²) in [7, 11) is 0. The molecule has 1 aliphatic heterocycles. The van der Waals surface area contributed by atoms with E-state index in [0.29, 0.717) is 24.6 Å². The van der Waals surface area contributed by atoms with Gasteiger partial charge < -0.3 is 15.2 Å². The minimum Gasteiger partial charge on any atom is -0.368 e. The Labute approximate surface area is 179 Å². The zero-order valence-electron chi connectivity index (χ0n) is 17.5. The number of carbonyl (C=O) groups excluding carboxylic acids is 1. The minimum atomic E-state index is 0.0531. The molecule has 31 heavy (non-hydrogen) atoms. The van der Waals surface area contributed by atoms with E-state index in [0.717, 1.165) is 34.4 Å². The van der Waals surface area contributed by atoms with Crippen LogP contribution in [0.25, 0.3) is 22.6 Å². The molecule has 156 valence electrons. The molecular weight excluding hydrogens is 390 g/mol. The number of imidazole rings is 1. The molecule has 5 rings (SSSR count). The van der Waals surface area contributed by atoms with Crippen molar-refractivity contribution < 1.29 is 4.79 Å². The van der Waals surface area contributed by atoms with Gasteiger partial charge in [0.25, 0.3) is 0 Å². The van der Waals surface area contributed by atoms with Gasteiger partial charge in [-0.1, -0.05) is 12.1 Å². The molecular formula is C23H23N7O. The summed E-state index contributed by atoms with van der Waals surface area (Å²) in [5.74, 6) is 1.38. The standard InChI is InChI=1S/C23H23N7O/c1-14(2)30-13-26-20-22(28-21(29-23(20)30)16-4-3-8-24-12-16)25-9-7-15-5-6-18-17(10-15)11-19(31)27-18/h3-6,8,10,12-14H,7,9,11H2,1-2H3,(H,27,31)(H,25,28,29). The molecule has 1 amide bonds. The maximum absolute atomic E-state index is 11.6. The van der Waals surface area contributed by atoms with Gasteiger partial charge in [0.05, 0.1) is 12.7 Å². The Morgan fingerprint density at radius 2 is 2.13 bits per heavy atom. The van der Waals surface area contributed by atoms with Crippen molar-refractivity contribution in [3.8, 4) is 11.4 Å². The summed E-state index contributed by atoms with van der Waals surface area (Å²) >= 11 is 0. The fraction of sp³-hybridized carbons (Fsp3) is 0.261. The number of benzene rings is 1. The molecule has 4 heterocycles. The van der Waals surface area contributed by atoms with Gasteiger partial charge in [-0.25, -0.2) is 15.0 Å². The van der Waals surface area contributed by atoms with E-state index in [9.17, 15) is 4.79 Å². The topological polar surface area (TPSA) is 97.6 Å². The van der Waals surface area contributed by atoms with Crippen LogP contribution in [-0.4, -0.2) is 37.0 Å². The van der Waals surface area contributed by atoms with Crippen molar-refractivity contribution in [2.75, 3.05) is 17.2 Å². The SMILES string of the molecule is CC(C)n1cnc2c(NCCc3ccc4c(c3)CC(=O)N4)nc(-c3cccnc3)nc21. The molecule has 0 spiro atoms. The van der Waals surface area contributed by atoms with Crippen LogP contribution in [0.4, 0.5) is 11.5 Å². The Balaban J connectivity index is 1.42. The molecule has 0 atom stereocenters. The molecule has 3 aromatic heterocycles. The van der Waals surface area contributed by atoms with Crippen molar-refractivity contribution in [1.29, 1.82) is 0 Å². The number of hydrogen-bond acceptors (Lipinski definition) is 6. The maximum Gasteiger partial charge on any atom is 0.228 e. The normalized spacial score (nSPS) is 12.9. The largest absolute Gasteiger partial charge is 0.368 e. The predicted molar refractivity (Wildman–Crippen MR) is 120 cm³/mol. The fourth-order valence-corrected chi connectivity index (χ4v) is 3.81. The molecule has 1 aliphatic rings.